The van der Waals surface area contributed by atoms with Gasteiger partial charge in [0.05, 0.1) is 7.11 Å². The highest BCUT2D eigenvalue weighted by Gasteiger charge is 2.17. The summed E-state index contributed by atoms with van der Waals surface area (Å²) < 4.78 is 17.4. The Labute approximate surface area is 81.1 Å². The zero-order chi connectivity index (χ0) is 10.6. The molecule has 0 aromatic heterocycles. The van der Waals surface area contributed by atoms with Crippen molar-refractivity contribution >= 4 is 5.97 Å². The monoisotopic (exact) mass is 198 g/mol. The molecule has 0 aliphatic carbocycles. The van der Waals surface area contributed by atoms with Crippen molar-refractivity contribution in [3.05, 3.63) is 35.6 Å². The van der Waals surface area contributed by atoms with E-state index in [2.05, 4.69) is 4.74 Å². The smallest absolute Gasteiger partial charge is 0.335 e. The van der Waals surface area contributed by atoms with E-state index in [1.165, 1.54) is 19.2 Å². The molecule has 4 heteroatoms. The van der Waals surface area contributed by atoms with Gasteiger partial charge in [-0.1, -0.05) is 18.2 Å². The predicted molar refractivity (Wildman–Crippen MR) is 48.1 cm³/mol. The van der Waals surface area contributed by atoms with Crippen LogP contribution in [0.5, 0.6) is 0 Å². The van der Waals surface area contributed by atoms with Crippen LogP contribution < -0.4 is 0 Å². The molecule has 1 aromatic rings. The summed E-state index contributed by atoms with van der Waals surface area (Å²) in [5.74, 6) is -1.19. The molecule has 0 heterocycles. The fourth-order valence-corrected chi connectivity index (χ4v) is 1.09. The highest BCUT2D eigenvalue weighted by atomic mass is 19.1. The van der Waals surface area contributed by atoms with E-state index in [-0.39, 0.29) is 6.42 Å². The van der Waals surface area contributed by atoms with Crippen molar-refractivity contribution < 1.29 is 19.0 Å². The summed E-state index contributed by atoms with van der Waals surface area (Å²) in [5, 5.41) is 9.25. The van der Waals surface area contributed by atoms with Gasteiger partial charge in [0.25, 0.3) is 0 Å². The van der Waals surface area contributed by atoms with E-state index < -0.39 is 17.9 Å². The van der Waals surface area contributed by atoms with Gasteiger partial charge in [0.15, 0.2) is 6.10 Å². The fourth-order valence-electron chi connectivity index (χ4n) is 1.09. The Hall–Kier alpha value is -1.42. The maximum atomic E-state index is 13.1. The van der Waals surface area contributed by atoms with Gasteiger partial charge in [-0.15, -0.1) is 0 Å². The van der Waals surface area contributed by atoms with E-state index in [4.69, 9.17) is 0 Å². The van der Waals surface area contributed by atoms with Crippen LogP contribution in [0.3, 0.4) is 0 Å². The second-order valence-electron chi connectivity index (χ2n) is 2.83. The summed E-state index contributed by atoms with van der Waals surface area (Å²) in [7, 11) is 1.17. The molecule has 14 heavy (non-hydrogen) atoms. The summed E-state index contributed by atoms with van der Waals surface area (Å²) in [4.78, 5) is 10.8. The average molecular weight is 198 g/mol. The van der Waals surface area contributed by atoms with Crippen molar-refractivity contribution in [2.24, 2.45) is 0 Å². The summed E-state index contributed by atoms with van der Waals surface area (Å²) in [5.41, 5.74) is 0.297. The quantitative estimate of drug-likeness (QED) is 0.734. The Morgan fingerprint density at radius 2 is 2.21 bits per heavy atom. The number of carbonyl (C=O) groups is 1. The van der Waals surface area contributed by atoms with Crippen molar-refractivity contribution in [1.82, 2.24) is 0 Å². The molecule has 0 amide bonds. The standard InChI is InChI=1S/C10H11FO3/c1-14-10(13)9(12)6-7-4-2-3-5-8(7)11/h2-5,9,12H,6H2,1H3. The van der Waals surface area contributed by atoms with Crippen LogP contribution in [0.25, 0.3) is 0 Å². The van der Waals surface area contributed by atoms with Gasteiger partial charge in [-0.25, -0.2) is 9.18 Å². The van der Waals surface area contributed by atoms with Crippen molar-refractivity contribution in [3.8, 4) is 0 Å². The number of ether oxygens (including phenoxy) is 1. The Kier molecular flexibility index (Phi) is 3.59. The third-order valence-electron chi connectivity index (χ3n) is 1.84. The van der Waals surface area contributed by atoms with Crippen LogP contribution in [0.15, 0.2) is 24.3 Å². The molecule has 0 saturated carbocycles. The van der Waals surface area contributed by atoms with E-state index in [1.54, 1.807) is 12.1 Å². The number of rotatable bonds is 3. The lowest BCUT2D eigenvalue weighted by Crippen LogP contribution is -2.24. The number of halogens is 1. The van der Waals surface area contributed by atoms with E-state index in [9.17, 15) is 14.3 Å². The number of hydrogen-bond acceptors (Lipinski definition) is 3. The van der Waals surface area contributed by atoms with Crippen molar-refractivity contribution in [3.63, 3.8) is 0 Å². The first kappa shape index (κ1) is 10.7. The summed E-state index contributed by atoms with van der Waals surface area (Å²) >= 11 is 0. The molecule has 0 aliphatic heterocycles. The van der Waals surface area contributed by atoms with Crippen molar-refractivity contribution in [2.75, 3.05) is 7.11 Å². The number of esters is 1. The van der Waals surface area contributed by atoms with E-state index in [0.29, 0.717) is 5.56 Å². The van der Waals surface area contributed by atoms with Crippen LogP contribution in [0, 0.1) is 5.82 Å². The van der Waals surface area contributed by atoms with Gasteiger partial charge < -0.3 is 9.84 Å². The predicted octanol–water partition coefficient (Wildman–Crippen LogP) is 0.902. The van der Waals surface area contributed by atoms with E-state index in [1.807, 2.05) is 0 Å². The van der Waals surface area contributed by atoms with Crippen LogP contribution in [0.1, 0.15) is 5.56 Å². The second-order valence-corrected chi connectivity index (χ2v) is 2.83. The number of benzene rings is 1. The first-order valence-electron chi connectivity index (χ1n) is 4.14. The Morgan fingerprint density at radius 3 is 2.79 bits per heavy atom. The molecule has 0 radical (unpaired) electrons. The number of aliphatic hydroxyl groups excluding tert-OH is 1. The summed E-state index contributed by atoms with van der Waals surface area (Å²) in [6, 6.07) is 5.98. The summed E-state index contributed by atoms with van der Waals surface area (Å²) in [6.07, 6.45) is -1.38. The second kappa shape index (κ2) is 4.72. The number of hydrogen-bond donors (Lipinski definition) is 1. The third kappa shape index (κ3) is 2.53. The molecular formula is C10H11FO3. The molecule has 0 spiro atoms. The molecule has 0 bridgehead atoms. The Balaban J connectivity index is 2.69. The van der Waals surface area contributed by atoms with Crippen LogP contribution in [-0.4, -0.2) is 24.3 Å². The van der Waals surface area contributed by atoms with Gasteiger partial charge in [0.1, 0.15) is 5.82 Å². The SMILES string of the molecule is COC(=O)C(O)Cc1ccccc1F. The first-order valence-corrected chi connectivity index (χ1v) is 4.14. The van der Waals surface area contributed by atoms with Gasteiger partial charge in [-0.2, -0.15) is 0 Å². The van der Waals surface area contributed by atoms with Crippen LogP contribution >= 0.6 is 0 Å². The van der Waals surface area contributed by atoms with Crippen LogP contribution in [-0.2, 0) is 16.0 Å². The van der Waals surface area contributed by atoms with Gasteiger partial charge in [0.2, 0.25) is 0 Å². The molecule has 0 saturated heterocycles. The van der Waals surface area contributed by atoms with Gasteiger partial charge in [-0.05, 0) is 11.6 Å². The first-order chi connectivity index (χ1) is 6.65. The third-order valence-corrected chi connectivity index (χ3v) is 1.84. The van der Waals surface area contributed by atoms with Crippen LogP contribution in [0.4, 0.5) is 4.39 Å². The number of carbonyl (C=O) groups excluding carboxylic acids is 1. The minimum absolute atomic E-state index is 0.0701. The molecule has 1 atom stereocenters. The molecular weight excluding hydrogens is 187 g/mol. The molecule has 1 N–H and O–H groups in total. The molecule has 3 nitrogen and oxygen atoms in total. The van der Waals surface area contributed by atoms with E-state index >= 15 is 0 Å². The maximum Gasteiger partial charge on any atom is 0.335 e. The number of aliphatic hydroxyl groups is 1. The molecule has 1 aromatic carbocycles. The van der Waals surface area contributed by atoms with Crippen molar-refractivity contribution in [2.45, 2.75) is 12.5 Å². The Bertz CT molecular complexity index is 325. The van der Waals surface area contributed by atoms with Gasteiger partial charge in [0, 0.05) is 6.42 Å². The number of methoxy groups -OCH3 is 1. The van der Waals surface area contributed by atoms with Crippen LogP contribution in [0.2, 0.25) is 0 Å². The molecule has 1 unspecified atom stereocenters. The maximum absolute atomic E-state index is 13.1. The van der Waals surface area contributed by atoms with Gasteiger partial charge in [-0.3, -0.25) is 0 Å². The molecule has 0 fully saturated rings. The lowest BCUT2D eigenvalue weighted by Gasteiger charge is -2.08. The average Bonchev–Trinajstić information content (AvgIpc) is 2.20. The summed E-state index contributed by atoms with van der Waals surface area (Å²) in [6.45, 7) is 0. The largest absolute Gasteiger partial charge is 0.467 e. The minimum Gasteiger partial charge on any atom is -0.467 e. The minimum atomic E-state index is -1.31. The lowest BCUT2D eigenvalue weighted by molar-refractivity contribution is -0.150. The lowest BCUT2D eigenvalue weighted by atomic mass is 10.1. The zero-order valence-corrected chi connectivity index (χ0v) is 7.74. The van der Waals surface area contributed by atoms with Crippen molar-refractivity contribution in [1.29, 1.82) is 0 Å². The zero-order valence-electron chi connectivity index (χ0n) is 7.74. The highest BCUT2D eigenvalue weighted by molar-refractivity contribution is 5.74. The van der Waals surface area contributed by atoms with E-state index in [0.717, 1.165) is 0 Å². The molecule has 1 rings (SSSR count). The topological polar surface area (TPSA) is 46.5 Å². The highest BCUT2D eigenvalue weighted by Crippen LogP contribution is 2.09. The Morgan fingerprint density at radius 1 is 1.57 bits per heavy atom. The fraction of sp³-hybridized carbons (Fsp3) is 0.300. The van der Waals surface area contributed by atoms with Gasteiger partial charge >= 0.3 is 5.97 Å². The molecule has 0 aliphatic rings. The normalized spacial score (nSPS) is 12.2. The molecule has 76 valence electrons.